The molecular weight excluding hydrogens is 717 g/mol. The first-order valence-electron chi connectivity index (χ1n) is 21.4. The lowest BCUT2D eigenvalue weighted by Gasteiger charge is -2.34. The van der Waals surface area contributed by atoms with E-state index in [1.807, 2.05) is 34.1 Å². The van der Waals surface area contributed by atoms with E-state index in [1.165, 1.54) is 76.3 Å². The molecule has 10 heteroatoms. The number of nitrogens with zero attached hydrogens (tertiary/aromatic N) is 2. The molecule has 2 aliphatic carbocycles. The van der Waals surface area contributed by atoms with Crippen molar-refractivity contribution in [2.75, 3.05) is 10.6 Å². The normalized spacial score (nSPS) is 17.6. The molecule has 2 fully saturated rings. The van der Waals surface area contributed by atoms with Gasteiger partial charge in [0.15, 0.2) is 0 Å². The Balaban J connectivity index is 1.41. The maximum atomic E-state index is 14.8. The molecule has 0 aliphatic heterocycles. The van der Waals surface area contributed by atoms with E-state index < -0.39 is 35.3 Å². The van der Waals surface area contributed by atoms with Crippen LogP contribution in [0.1, 0.15) is 152 Å². The number of benzene rings is 3. The average molecular weight is 779 g/mol. The predicted octanol–water partition coefficient (Wildman–Crippen LogP) is 13.7. The molecule has 0 bridgehead atoms. The highest BCUT2D eigenvalue weighted by atomic mass is 19.1. The van der Waals surface area contributed by atoms with E-state index in [0.29, 0.717) is 0 Å². The third kappa shape index (κ3) is 14.1. The van der Waals surface area contributed by atoms with Crippen LogP contribution in [0, 0.1) is 23.3 Å². The first-order valence-corrected chi connectivity index (χ1v) is 21.4. The number of hydrogen-bond acceptors (Lipinski definition) is 2. The molecule has 5 rings (SSSR count). The SMILES string of the molecule is O=C(Nc1ccc(F)cc1F)N(Cc1cccc(CN(C(=O)Nc2ccc(F)cc2F)C2CCCCCCCCCCC2)c1)C1CCCCCCCCCCC1. The molecule has 4 amide bonds. The monoisotopic (exact) mass is 778 g/mol. The van der Waals surface area contributed by atoms with Gasteiger partial charge in [0.05, 0.1) is 11.4 Å². The molecule has 3 aromatic carbocycles. The fourth-order valence-corrected chi connectivity index (χ4v) is 8.42. The van der Waals surface area contributed by atoms with Gasteiger partial charge in [-0.15, -0.1) is 0 Å². The number of amides is 4. The molecule has 0 saturated heterocycles. The van der Waals surface area contributed by atoms with E-state index in [-0.39, 0.29) is 36.5 Å². The van der Waals surface area contributed by atoms with Crippen LogP contribution in [0.3, 0.4) is 0 Å². The Kier molecular flexibility index (Phi) is 17.9. The highest BCUT2D eigenvalue weighted by Gasteiger charge is 2.27. The van der Waals surface area contributed by atoms with Crippen LogP contribution >= 0.6 is 0 Å². The standard InChI is InChI=1S/C46H62F4N4O2/c47-37-26-28-43(41(49)31-37)51-45(55)53(39-22-15-11-7-3-1-4-8-12-16-23-39)33-35-20-19-21-36(30-35)34-54(46(56)52-44-29-27-38(48)32-42(44)50)40-24-17-13-9-5-2-6-10-14-18-25-40/h19-21,26-32,39-40H,1-18,22-25,33-34H2,(H,51,55)(H,52,56). The molecule has 0 unspecified atom stereocenters. The summed E-state index contributed by atoms with van der Waals surface area (Å²) in [6.45, 7) is 0.535. The van der Waals surface area contributed by atoms with Gasteiger partial charge in [0.2, 0.25) is 0 Å². The Morgan fingerprint density at radius 2 is 0.786 bits per heavy atom. The van der Waals surface area contributed by atoms with Crippen LogP contribution in [0.25, 0.3) is 0 Å². The largest absolute Gasteiger partial charge is 0.322 e. The van der Waals surface area contributed by atoms with Gasteiger partial charge in [0, 0.05) is 37.3 Å². The van der Waals surface area contributed by atoms with Crippen LogP contribution in [0.15, 0.2) is 60.7 Å². The summed E-state index contributed by atoms with van der Waals surface area (Å²) in [7, 11) is 0. The van der Waals surface area contributed by atoms with Crippen LogP contribution in [0.4, 0.5) is 38.5 Å². The summed E-state index contributed by atoms with van der Waals surface area (Å²) in [5.74, 6) is -3.08. The number of urea groups is 2. The minimum Gasteiger partial charge on any atom is -0.317 e. The summed E-state index contributed by atoms with van der Waals surface area (Å²) in [6, 6.07) is 13.2. The van der Waals surface area contributed by atoms with Crippen molar-refractivity contribution < 1.29 is 27.2 Å². The van der Waals surface area contributed by atoms with Crippen molar-refractivity contribution in [3.63, 3.8) is 0 Å². The molecular formula is C46H62F4N4O2. The topological polar surface area (TPSA) is 64.7 Å². The Labute approximate surface area is 331 Å². The number of halogens is 4. The van der Waals surface area contributed by atoms with Crippen molar-refractivity contribution in [2.45, 2.75) is 166 Å². The second-order valence-corrected chi connectivity index (χ2v) is 16.0. The summed E-state index contributed by atoms with van der Waals surface area (Å²) in [5.41, 5.74) is 1.60. The van der Waals surface area contributed by atoms with Gasteiger partial charge in [-0.25, -0.2) is 27.2 Å². The van der Waals surface area contributed by atoms with Gasteiger partial charge < -0.3 is 20.4 Å². The van der Waals surface area contributed by atoms with E-state index in [1.54, 1.807) is 0 Å². The lowest BCUT2D eigenvalue weighted by Crippen LogP contribution is -2.43. The number of rotatable bonds is 8. The second kappa shape index (κ2) is 23.2. The third-order valence-electron chi connectivity index (χ3n) is 11.6. The molecule has 2 aliphatic rings. The number of carbonyl (C=O) groups excluding carboxylic acids is 2. The van der Waals surface area contributed by atoms with Crippen molar-refractivity contribution in [1.82, 2.24) is 9.80 Å². The fraction of sp³-hybridized carbons (Fsp3) is 0.565. The van der Waals surface area contributed by atoms with E-state index in [9.17, 15) is 27.2 Å². The van der Waals surface area contributed by atoms with E-state index in [2.05, 4.69) is 10.6 Å². The summed E-state index contributed by atoms with van der Waals surface area (Å²) >= 11 is 0. The summed E-state index contributed by atoms with van der Waals surface area (Å²) < 4.78 is 57.1. The quantitative estimate of drug-likeness (QED) is 0.224. The van der Waals surface area contributed by atoms with E-state index in [0.717, 1.165) is 112 Å². The van der Waals surface area contributed by atoms with Gasteiger partial charge in [-0.1, -0.05) is 140 Å². The van der Waals surface area contributed by atoms with Crippen LogP contribution in [0.5, 0.6) is 0 Å². The Morgan fingerprint density at radius 3 is 1.11 bits per heavy atom. The maximum Gasteiger partial charge on any atom is 0.322 e. The van der Waals surface area contributed by atoms with Crippen molar-refractivity contribution in [3.8, 4) is 0 Å². The Bertz CT molecular complexity index is 1530. The highest BCUT2D eigenvalue weighted by Crippen LogP contribution is 2.27. The first kappa shape index (κ1) is 43.1. The van der Waals surface area contributed by atoms with Crippen molar-refractivity contribution in [3.05, 3.63) is 95.1 Å². The zero-order valence-electron chi connectivity index (χ0n) is 33.1. The minimum absolute atomic E-state index is 0.0698. The summed E-state index contributed by atoms with van der Waals surface area (Å²) in [5, 5.41) is 5.47. The van der Waals surface area contributed by atoms with E-state index in [4.69, 9.17) is 0 Å². The van der Waals surface area contributed by atoms with Crippen molar-refractivity contribution in [2.24, 2.45) is 0 Å². The molecule has 0 spiro atoms. The molecule has 0 aromatic heterocycles. The number of anilines is 2. The van der Waals surface area contributed by atoms with Gasteiger partial charge in [-0.05, 0) is 61.1 Å². The Morgan fingerprint density at radius 1 is 0.464 bits per heavy atom. The van der Waals surface area contributed by atoms with Crippen LogP contribution in [-0.2, 0) is 13.1 Å². The summed E-state index contributed by atoms with van der Waals surface area (Å²) in [6.07, 6.45) is 23.7. The zero-order chi connectivity index (χ0) is 39.5. The number of hydrogen-bond donors (Lipinski definition) is 2. The van der Waals surface area contributed by atoms with E-state index >= 15 is 0 Å². The maximum absolute atomic E-state index is 14.8. The molecule has 306 valence electrons. The highest BCUT2D eigenvalue weighted by molar-refractivity contribution is 5.90. The van der Waals surface area contributed by atoms with Gasteiger partial charge in [-0.3, -0.25) is 0 Å². The first-order chi connectivity index (χ1) is 27.3. The molecule has 3 aromatic rings. The van der Waals surface area contributed by atoms with Crippen molar-refractivity contribution >= 4 is 23.4 Å². The van der Waals surface area contributed by atoms with Gasteiger partial charge in [0.1, 0.15) is 23.3 Å². The smallest absolute Gasteiger partial charge is 0.317 e. The molecule has 2 N–H and O–H groups in total. The minimum atomic E-state index is -0.829. The third-order valence-corrected chi connectivity index (χ3v) is 11.6. The summed E-state index contributed by atoms with van der Waals surface area (Å²) in [4.78, 5) is 31.8. The average Bonchev–Trinajstić information content (AvgIpc) is 3.16. The molecule has 0 atom stereocenters. The van der Waals surface area contributed by atoms with Gasteiger partial charge in [-0.2, -0.15) is 0 Å². The van der Waals surface area contributed by atoms with Crippen molar-refractivity contribution in [1.29, 1.82) is 0 Å². The number of carbonyl (C=O) groups is 2. The molecule has 6 nitrogen and oxygen atoms in total. The van der Waals surface area contributed by atoms with Crippen LogP contribution < -0.4 is 10.6 Å². The molecule has 2 saturated carbocycles. The predicted molar refractivity (Wildman–Crippen MR) is 217 cm³/mol. The Hall–Kier alpha value is -4.08. The lowest BCUT2D eigenvalue weighted by atomic mass is 9.96. The van der Waals surface area contributed by atoms with Gasteiger partial charge in [0.25, 0.3) is 0 Å². The molecule has 0 heterocycles. The molecule has 56 heavy (non-hydrogen) atoms. The number of nitrogens with one attached hydrogen (secondary N) is 2. The fourth-order valence-electron chi connectivity index (χ4n) is 8.42. The second-order valence-electron chi connectivity index (χ2n) is 16.0. The van der Waals surface area contributed by atoms with Crippen LogP contribution in [0.2, 0.25) is 0 Å². The molecule has 0 radical (unpaired) electrons. The van der Waals surface area contributed by atoms with Gasteiger partial charge >= 0.3 is 12.1 Å². The van der Waals surface area contributed by atoms with Crippen LogP contribution in [-0.4, -0.2) is 33.9 Å². The zero-order valence-corrected chi connectivity index (χ0v) is 33.1. The lowest BCUT2D eigenvalue weighted by molar-refractivity contribution is 0.169.